The third-order valence-electron chi connectivity index (χ3n) is 11.9. The van der Waals surface area contributed by atoms with Crippen LogP contribution < -0.4 is 16.0 Å². The zero-order chi connectivity index (χ0) is 39.0. The Morgan fingerprint density at radius 3 is 2.41 bits per heavy atom. The number of hydrogen-bond donors (Lipinski definition) is 5. The van der Waals surface area contributed by atoms with Crippen LogP contribution in [0.1, 0.15) is 128 Å². The van der Waals surface area contributed by atoms with Gasteiger partial charge in [0.15, 0.2) is 12.1 Å². The second-order valence-corrected chi connectivity index (χ2v) is 15.8. The molecule has 1 fully saturated rings. The SMILES string of the molecule is C=Cc1c2[nH]c(c1C)/C=C1\N/C(=C3\c4[nH]c(c(C)c4C(=O)[C@@H]3C(O)OC)/C=c3\[nH]/c(c(C)c3CC)=C\2)[C@@H](CCC(=O)OC/C=C(\C)CCCC(C)C)[C@@H]1C. The Morgan fingerprint density at radius 1 is 1.00 bits per heavy atom. The molecule has 2 aliphatic heterocycles. The number of hydrogen-bond acceptors (Lipinski definition) is 6. The molecule has 9 nitrogen and oxygen atoms in total. The zero-order valence-corrected chi connectivity index (χ0v) is 33.5. The van der Waals surface area contributed by atoms with Gasteiger partial charge in [0.2, 0.25) is 0 Å². The Bertz CT molecular complexity index is 2180. The first-order valence-electron chi connectivity index (χ1n) is 19.6. The topological polar surface area (TPSA) is 132 Å². The first-order valence-corrected chi connectivity index (χ1v) is 19.6. The van der Waals surface area contributed by atoms with Gasteiger partial charge >= 0.3 is 5.97 Å². The monoisotopic (exact) mass is 734 g/mol. The van der Waals surface area contributed by atoms with Gasteiger partial charge in [-0.2, -0.15) is 0 Å². The van der Waals surface area contributed by atoms with Crippen LogP contribution in [0.2, 0.25) is 0 Å². The van der Waals surface area contributed by atoms with Gasteiger partial charge in [-0.15, -0.1) is 0 Å². The van der Waals surface area contributed by atoms with Crippen LogP contribution in [0, 0.1) is 44.4 Å². The fourth-order valence-corrected chi connectivity index (χ4v) is 8.61. The van der Waals surface area contributed by atoms with Crippen molar-refractivity contribution in [2.45, 2.75) is 100 Å². The van der Waals surface area contributed by atoms with Crippen LogP contribution >= 0.6 is 0 Å². The molecule has 1 saturated heterocycles. The van der Waals surface area contributed by atoms with Gasteiger partial charge in [-0.25, -0.2) is 0 Å². The van der Waals surface area contributed by atoms with E-state index in [-0.39, 0.29) is 36.6 Å². The number of carbonyl (C=O) groups is 2. The maximum Gasteiger partial charge on any atom is 0.306 e. The van der Waals surface area contributed by atoms with Crippen molar-refractivity contribution in [1.29, 1.82) is 0 Å². The number of allylic oxidation sites excluding steroid dienone is 3. The summed E-state index contributed by atoms with van der Waals surface area (Å²) in [4.78, 5) is 38.5. The van der Waals surface area contributed by atoms with E-state index in [1.165, 1.54) is 24.7 Å². The highest BCUT2D eigenvalue weighted by Crippen LogP contribution is 2.49. The zero-order valence-electron chi connectivity index (χ0n) is 33.5. The number of fused-ring (bicyclic) bond motifs is 7. The number of rotatable bonds is 13. The Balaban J connectivity index is 1.47. The van der Waals surface area contributed by atoms with Gasteiger partial charge in [0.25, 0.3) is 0 Å². The number of aromatic nitrogens is 3. The Hall–Kier alpha value is -4.60. The van der Waals surface area contributed by atoms with E-state index in [0.29, 0.717) is 29.2 Å². The molecule has 8 bridgehead atoms. The van der Waals surface area contributed by atoms with Gasteiger partial charge in [-0.1, -0.05) is 52.3 Å². The van der Waals surface area contributed by atoms with Crippen LogP contribution in [-0.4, -0.2) is 51.8 Å². The van der Waals surface area contributed by atoms with Crippen LogP contribution in [0.3, 0.4) is 0 Å². The number of aliphatic hydroxyl groups is 1. The van der Waals surface area contributed by atoms with Gasteiger partial charge in [0.05, 0.1) is 5.69 Å². The summed E-state index contributed by atoms with van der Waals surface area (Å²) in [5.74, 6) is -0.953. The van der Waals surface area contributed by atoms with Crippen LogP contribution in [-0.2, 0) is 20.7 Å². The van der Waals surface area contributed by atoms with Crippen molar-refractivity contribution >= 4 is 41.6 Å². The highest BCUT2D eigenvalue weighted by Gasteiger charge is 2.48. The van der Waals surface area contributed by atoms with E-state index >= 15 is 0 Å². The molecule has 3 aromatic rings. The number of H-pyrrole nitrogens is 3. The summed E-state index contributed by atoms with van der Waals surface area (Å²) in [7, 11) is 1.42. The molecule has 4 atom stereocenters. The molecule has 1 unspecified atom stereocenters. The van der Waals surface area contributed by atoms with Crippen molar-refractivity contribution in [3.05, 3.63) is 96.5 Å². The van der Waals surface area contributed by atoms with Crippen LogP contribution in [0.25, 0.3) is 29.9 Å². The minimum atomic E-state index is -1.36. The van der Waals surface area contributed by atoms with Gasteiger partial charge in [0, 0.05) is 81.2 Å². The molecule has 3 aromatic heterocycles. The molecule has 9 heteroatoms. The number of aliphatic hydroxyl groups excluding tert-OH is 1. The van der Waals surface area contributed by atoms with Crippen molar-refractivity contribution in [2.24, 2.45) is 23.7 Å². The van der Waals surface area contributed by atoms with Gasteiger partial charge in [0.1, 0.15) is 12.5 Å². The molecule has 1 aliphatic carbocycles. The summed E-state index contributed by atoms with van der Waals surface area (Å²) >= 11 is 0. The van der Waals surface area contributed by atoms with Crippen molar-refractivity contribution in [2.75, 3.05) is 13.7 Å². The number of ketones is 1. The lowest BCUT2D eigenvalue weighted by Gasteiger charge is -2.23. The Labute approximate surface area is 319 Å². The lowest BCUT2D eigenvalue weighted by molar-refractivity contribution is -0.142. The number of aromatic amines is 3. The summed E-state index contributed by atoms with van der Waals surface area (Å²) in [6.45, 7) is 21.4. The molecule has 288 valence electrons. The molecule has 0 amide bonds. The van der Waals surface area contributed by atoms with E-state index in [0.717, 1.165) is 80.7 Å². The predicted octanol–water partition coefficient (Wildman–Crippen LogP) is 7.25. The summed E-state index contributed by atoms with van der Waals surface area (Å²) in [5.41, 5.74) is 12.9. The minimum Gasteiger partial charge on any atom is -0.461 e. The number of methoxy groups -OCH3 is 1. The fourth-order valence-electron chi connectivity index (χ4n) is 8.61. The fraction of sp³-hybridized carbons (Fsp3) is 0.467. The van der Waals surface area contributed by atoms with Crippen molar-refractivity contribution in [3.8, 4) is 0 Å². The first kappa shape index (κ1) is 39.1. The molecular weight excluding hydrogens is 677 g/mol. The Morgan fingerprint density at radius 2 is 1.72 bits per heavy atom. The van der Waals surface area contributed by atoms with Crippen molar-refractivity contribution in [1.82, 2.24) is 20.3 Å². The summed E-state index contributed by atoms with van der Waals surface area (Å²) < 4.78 is 11.2. The third-order valence-corrected chi connectivity index (χ3v) is 11.9. The smallest absolute Gasteiger partial charge is 0.306 e. The average Bonchev–Trinajstić information content (AvgIpc) is 3.87. The number of nitrogens with one attached hydrogen (secondary N) is 4. The maximum absolute atomic E-state index is 14.4. The lowest BCUT2D eigenvalue weighted by Crippen LogP contribution is -2.29. The van der Waals surface area contributed by atoms with Crippen LogP contribution in [0.15, 0.2) is 29.6 Å². The number of ether oxygens (including phenoxy) is 2. The highest BCUT2D eigenvalue weighted by atomic mass is 16.6. The molecule has 0 spiro atoms. The number of carbonyl (C=O) groups excluding carboxylic acids is 2. The van der Waals surface area contributed by atoms with Crippen LogP contribution in [0.5, 0.6) is 0 Å². The van der Waals surface area contributed by atoms with E-state index < -0.39 is 12.2 Å². The maximum atomic E-state index is 14.4. The van der Waals surface area contributed by atoms with E-state index in [2.05, 4.69) is 93.5 Å². The van der Waals surface area contributed by atoms with Gasteiger partial charge in [-0.3, -0.25) is 9.59 Å². The van der Waals surface area contributed by atoms with Crippen molar-refractivity contribution in [3.63, 3.8) is 0 Å². The van der Waals surface area contributed by atoms with Crippen molar-refractivity contribution < 1.29 is 24.2 Å². The minimum absolute atomic E-state index is 0.0529. The molecule has 5 N–H and O–H groups in total. The third kappa shape index (κ3) is 7.28. The van der Waals surface area contributed by atoms with Crippen LogP contribution in [0.4, 0.5) is 0 Å². The molecule has 6 rings (SSSR count). The average molecular weight is 735 g/mol. The summed E-state index contributed by atoms with van der Waals surface area (Å²) in [5, 5.41) is 17.0. The second kappa shape index (κ2) is 16.0. The Kier molecular flexibility index (Phi) is 11.6. The lowest BCUT2D eigenvalue weighted by atomic mass is 9.84. The summed E-state index contributed by atoms with van der Waals surface area (Å²) in [6.07, 6.45) is 13.7. The predicted molar refractivity (Wildman–Crippen MR) is 217 cm³/mol. The van der Waals surface area contributed by atoms with Gasteiger partial charge in [-0.05, 0) is 106 Å². The normalized spacial score (nSPS) is 23.4. The second-order valence-electron chi connectivity index (χ2n) is 15.8. The number of esters is 1. The molecule has 0 saturated carbocycles. The molecule has 0 radical (unpaired) electrons. The first-order chi connectivity index (χ1) is 25.8. The molecular formula is C45H58N4O5. The molecule has 0 aromatic carbocycles. The quantitative estimate of drug-likeness (QED) is 0.0714. The standard InChI is InChI=1S/C45H58N4O5/c1-11-29-25(6)32-20-34-27(8)31(16-17-38(50)54-19-18-24(5)15-13-14-23(3)4)42(48-34)40-41(45(52)53-10)44(51)39-28(9)35(49-43(39)40)22-37-30(12-2)26(7)33(47-37)21-36(29)46-32/h11,18,20-23,27,31,41,45-49,52H,1,12-17,19H2,2-10H3/b24-18+,33-21-,34-20-,37-22-,42-40-/t27-,31-,41+,45?/m0/s1. The largest absolute Gasteiger partial charge is 0.461 e. The highest BCUT2D eigenvalue weighted by molar-refractivity contribution is 6.15. The van der Waals surface area contributed by atoms with Gasteiger partial charge < -0.3 is 34.8 Å². The van der Waals surface area contributed by atoms with E-state index in [9.17, 15) is 14.7 Å². The summed E-state index contributed by atoms with van der Waals surface area (Å²) in [6, 6.07) is 0. The molecule has 3 aliphatic rings. The number of Topliss-reactive ketones (excluding diaryl/α,β-unsaturated/α-hetero) is 1. The molecule has 5 heterocycles. The van der Waals surface area contributed by atoms with E-state index in [4.69, 9.17) is 9.47 Å². The van der Waals surface area contributed by atoms with E-state index in [1.54, 1.807) is 0 Å². The van der Waals surface area contributed by atoms with E-state index in [1.807, 2.05) is 19.1 Å². The molecule has 54 heavy (non-hydrogen) atoms.